The normalized spacial score (nSPS) is 12.8. The molecule has 0 unspecified atom stereocenters. The first-order valence-corrected chi connectivity index (χ1v) is 23.6. The van der Waals surface area contributed by atoms with E-state index in [2.05, 4.69) is 43.7 Å². The van der Waals surface area contributed by atoms with Gasteiger partial charge in [-0.05, 0) is 86.3 Å². The lowest BCUT2D eigenvalue weighted by molar-refractivity contribution is -0.159. The molecule has 6 aromatic rings. The molecular weight excluding hydrogens is 891 g/mol. The van der Waals surface area contributed by atoms with E-state index in [1.165, 1.54) is 5.01 Å². The van der Waals surface area contributed by atoms with E-state index >= 15 is 0 Å². The second-order valence-corrected chi connectivity index (χ2v) is 17.3. The lowest BCUT2D eigenvalue weighted by atomic mass is 9.97. The van der Waals surface area contributed by atoms with Crippen LogP contribution in [0.4, 0.5) is 10.6 Å². The van der Waals surface area contributed by atoms with E-state index in [9.17, 15) is 14.4 Å². The number of nitrogens with zero attached hydrogens (tertiary/aromatic N) is 6. The van der Waals surface area contributed by atoms with Crippen LogP contribution in [-0.2, 0) is 49.9 Å². The molecule has 3 aromatic carbocycles. The summed E-state index contributed by atoms with van der Waals surface area (Å²) in [5.74, 6) is 0.985. The number of morpholine rings is 1. The van der Waals surface area contributed by atoms with Crippen molar-refractivity contribution in [2.24, 2.45) is 0 Å². The smallest absolute Gasteiger partial charge is 0.329 e. The molecule has 7 rings (SSSR count). The summed E-state index contributed by atoms with van der Waals surface area (Å²) in [6.45, 7) is 14.8. The summed E-state index contributed by atoms with van der Waals surface area (Å²) >= 11 is 0. The van der Waals surface area contributed by atoms with Crippen molar-refractivity contribution in [3.05, 3.63) is 144 Å². The predicted molar refractivity (Wildman–Crippen MR) is 267 cm³/mol. The number of fused-ring (bicyclic) bond motifs is 1. The molecule has 0 saturated carbocycles. The van der Waals surface area contributed by atoms with Crippen LogP contribution in [0, 0.1) is 0 Å². The highest BCUT2D eigenvalue weighted by atomic mass is 16.7. The van der Waals surface area contributed by atoms with Crippen LogP contribution in [0.5, 0.6) is 5.75 Å². The Morgan fingerprint density at radius 2 is 1.64 bits per heavy atom. The third kappa shape index (κ3) is 14.9. The topological polar surface area (TPSA) is 186 Å². The van der Waals surface area contributed by atoms with Crippen molar-refractivity contribution in [2.75, 3.05) is 64.1 Å². The number of aromatic nitrogens is 3. The van der Waals surface area contributed by atoms with Gasteiger partial charge in [0.1, 0.15) is 22.9 Å². The zero-order valence-corrected chi connectivity index (χ0v) is 40.4. The Bertz CT molecular complexity index is 2640. The van der Waals surface area contributed by atoms with E-state index in [4.69, 9.17) is 28.5 Å². The minimum absolute atomic E-state index is 0.0553. The Hall–Kier alpha value is -7.18. The molecular formula is C53H63N9O8. The summed E-state index contributed by atoms with van der Waals surface area (Å²) in [4.78, 5) is 54.4. The summed E-state index contributed by atoms with van der Waals surface area (Å²) in [6, 6.07) is 32.1. The van der Waals surface area contributed by atoms with Crippen molar-refractivity contribution in [1.29, 1.82) is 0 Å². The third-order valence-corrected chi connectivity index (χ3v) is 11.4. The van der Waals surface area contributed by atoms with Gasteiger partial charge < -0.3 is 43.9 Å². The Labute approximate surface area is 409 Å². The minimum Gasteiger partial charge on any atom is -0.488 e. The van der Waals surface area contributed by atoms with Gasteiger partial charge in [0.15, 0.2) is 12.1 Å². The zero-order valence-electron chi connectivity index (χ0n) is 40.4. The van der Waals surface area contributed by atoms with E-state index in [-0.39, 0.29) is 45.2 Å². The maximum absolute atomic E-state index is 14.0. The number of hydrogen-bond acceptors (Lipinski definition) is 13. The van der Waals surface area contributed by atoms with E-state index in [0.717, 1.165) is 44.7 Å². The monoisotopic (exact) mass is 953 g/mol. The molecule has 17 heteroatoms. The van der Waals surface area contributed by atoms with Crippen molar-refractivity contribution in [3.8, 4) is 17.1 Å². The second-order valence-electron chi connectivity index (χ2n) is 17.3. The summed E-state index contributed by atoms with van der Waals surface area (Å²) in [5, 5.41) is 12.3. The van der Waals surface area contributed by atoms with Crippen molar-refractivity contribution >= 4 is 40.6 Å². The van der Waals surface area contributed by atoms with E-state index in [0.29, 0.717) is 63.1 Å². The van der Waals surface area contributed by atoms with Gasteiger partial charge in [-0.2, -0.15) is 0 Å². The average molecular weight is 954 g/mol. The van der Waals surface area contributed by atoms with Crippen LogP contribution >= 0.6 is 0 Å². The van der Waals surface area contributed by atoms with E-state index in [1.807, 2.05) is 119 Å². The Morgan fingerprint density at radius 1 is 0.871 bits per heavy atom. The van der Waals surface area contributed by atoms with Crippen molar-refractivity contribution in [2.45, 2.75) is 65.6 Å². The number of nitrogens with one attached hydrogen (secondary N) is 3. The van der Waals surface area contributed by atoms with Gasteiger partial charge in [-0.3, -0.25) is 20.0 Å². The van der Waals surface area contributed by atoms with Gasteiger partial charge in [0.25, 0.3) is 0 Å². The highest BCUT2D eigenvalue weighted by molar-refractivity contribution is 5.87. The highest BCUT2D eigenvalue weighted by Crippen LogP contribution is 2.29. The molecule has 0 radical (unpaired) electrons. The Balaban J connectivity index is 1.08. The minimum atomic E-state index is -0.681. The SMILES string of the molecule is C=Cc1ccc(OC(C)(C)Cc2cc(-c3cc(CN(CC(=O)NCC(=O)N(Cc4cccc5ncccc45)CC(OCC)OCC)NC(=O)NCc4ccccc4)on3)nc(N3CCOCC3)c2)cc1. The molecule has 0 bridgehead atoms. The standard InChI is InChI=1S/C53H63N9O8/c1-6-38-19-21-42(22-20-38)69-53(4,5)31-40-28-46(57-48(29-40)60-24-26-66-27-25-60)47-30-43(70-59-47)35-62(58-52(65)56-32-39-14-10-9-11-15-39)36-49(63)55-33-50(64)61(37-51(67-7-2)68-8-3)34-41-16-12-18-45-44(41)17-13-23-54-45/h6,9-23,28-30,51H,1,7-8,24-27,31-37H2,2-5H3,(H,55,63)(H2,56,58,65). The molecule has 3 aromatic heterocycles. The summed E-state index contributed by atoms with van der Waals surface area (Å²) < 4.78 is 29.6. The summed E-state index contributed by atoms with van der Waals surface area (Å²) in [6.07, 6.45) is 3.39. The number of ether oxygens (including phenoxy) is 4. The Kier molecular flexibility index (Phi) is 18.0. The molecule has 1 fully saturated rings. The van der Waals surface area contributed by atoms with Crippen LogP contribution in [0.2, 0.25) is 0 Å². The predicted octanol–water partition coefficient (Wildman–Crippen LogP) is 6.93. The van der Waals surface area contributed by atoms with Crippen LogP contribution in [0.15, 0.2) is 120 Å². The van der Waals surface area contributed by atoms with Crippen LogP contribution in [0.3, 0.4) is 0 Å². The second kappa shape index (κ2) is 24.9. The fourth-order valence-electron chi connectivity index (χ4n) is 8.06. The zero-order chi connectivity index (χ0) is 49.3. The molecule has 70 heavy (non-hydrogen) atoms. The summed E-state index contributed by atoms with van der Waals surface area (Å²) in [7, 11) is 0. The average Bonchev–Trinajstić information content (AvgIpc) is 3.84. The molecule has 4 amide bonds. The van der Waals surface area contributed by atoms with E-state index in [1.54, 1.807) is 23.2 Å². The maximum Gasteiger partial charge on any atom is 0.329 e. The molecule has 0 atom stereocenters. The van der Waals surface area contributed by atoms with Gasteiger partial charge in [0.2, 0.25) is 11.8 Å². The number of rotatable bonds is 24. The lowest BCUT2D eigenvalue weighted by Crippen LogP contribution is -2.51. The quantitative estimate of drug-likeness (QED) is 0.0420. The number of carbonyl (C=O) groups excluding carboxylic acids is 3. The first-order valence-electron chi connectivity index (χ1n) is 23.6. The van der Waals surface area contributed by atoms with Crippen molar-refractivity contribution in [1.82, 2.24) is 41.1 Å². The van der Waals surface area contributed by atoms with Gasteiger partial charge in [-0.15, -0.1) is 0 Å². The van der Waals surface area contributed by atoms with Gasteiger partial charge in [0.05, 0.1) is 50.6 Å². The van der Waals surface area contributed by atoms with Gasteiger partial charge in [0, 0.05) is 63.5 Å². The molecule has 3 N–H and O–H groups in total. The highest BCUT2D eigenvalue weighted by Gasteiger charge is 2.26. The molecule has 368 valence electrons. The van der Waals surface area contributed by atoms with Crippen LogP contribution < -0.4 is 25.7 Å². The van der Waals surface area contributed by atoms with Gasteiger partial charge in [-0.1, -0.05) is 78.5 Å². The number of anilines is 1. The summed E-state index contributed by atoms with van der Waals surface area (Å²) in [5.41, 5.74) is 7.80. The van der Waals surface area contributed by atoms with Gasteiger partial charge >= 0.3 is 6.03 Å². The number of benzene rings is 3. The number of carbonyl (C=O) groups is 3. The van der Waals surface area contributed by atoms with Crippen molar-refractivity contribution < 1.29 is 37.9 Å². The molecule has 0 spiro atoms. The fraction of sp³-hybridized carbons (Fsp3) is 0.358. The molecule has 1 saturated heterocycles. The maximum atomic E-state index is 14.0. The number of hydrazine groups is 1. The number of amides is 4. The first-order chi connectivity index (χ1) is 34.0. The third-order valence-electron chi connectivity index (χ3n) is 11.4. The number of urea groups is 1. The van der Waals surface area contributed by atoms with Crippen molar-refractivity contribution in [3.63, 3.8) is 0 Å². The number of pyridine rings is 2. The van der Waals surface area contributed by atoms with Crippen LogP contribution in [0.25, 0.3) is 28.4 Å². The molecule has 4 heterocycles. The van der Waals surface area contributed by atoms with Gasteiger partial charge in [-0.25, -0.2) is 14.8 Å². The molecule has 17 nitrogen and oxygen atoms in total. The number of hydrogen-bond donors (Lipinski definition) is 3. The first kappa shape index (κ1) is 50.7. The lowest BCUT2D eigenvalue weighted by Gasteiger charge is -2.30. The largest absolute Gasteiger partial charge is 0.488 e. The molecule has 1 aliphatic rings. The van der Waals surface area contributed by atoms with Crippen LogP contribution in [0.1, 0.15) is 55.7 Å². The molecule has 0 aliphatic carbocycles. The van der Waals surface area contributed by atoms with Crippen LogP contribution in [-0.4, -0.2) is 114 Å². The van der Waals surface area contributed by atoms with E-state index < -0.39 is 23.8 Å². The fourth-order valence-corrected chi connectivity index (χ4v) is 8.06. The molecule has 1 aliphatic heterocycles. The Morgan fingerprint density at radius 3 is 2.39 bits per heavy atom.